The van der Waals surface area contributed by atoms with Gasteiger partial charge >= 0.3 is 5.97 Å². The zero-order valence-corrected chi connectivity index (χ0v) is 16.9. The SMILES string of the molecule is CC(C)c1ccccc1O[C@H](Cc1ccccc1Sc1ccccc1)C(=O)O. The molecule has 0 heterocycles. The summed E-state index contributed by atoms with van der Waals surface area (Å²) in [4.78, 5) is 14.1. The van der Waals surface area contributed by atoms with E-state index in [0.29, 0.717) is 12.2 Å². The molecule has 144 valence electrons. The molecule has 0 aromatic heterocycles. The molecule has 0 saturated carbocycles. The largest absolute Gasteiger partial charge is 0.478 e. The van der Waals surface area contributed by atoms with E-state index in [9.17, 15) is 9.90 Å². The zero-order valence-electron chi connectivity index (χ0n) is 16.0. The lowest BCUT2D eigenvalue weighted by Crippen LogP contribution is -2.30. The number of benzene rings is 3. The van der Waals surface area contributed by atoms with Gasteiger partial charge in [0.2, 0.25) is 0 Å². The van der Waals surface area contributed by atoms with Gasteiger partial charge in [-0.3, -0.25) is 0 Å². The highest BCUT2D eigenvalue weighted by atomic mass is 32.2. The summed E-state index contributed by atoms with van der Waals surface area (Å²) >= 11 is 1.63. The first-order chi connectivity index (χ1) is 13.5. The van der Waals surface area contributed by atoms with Crippen LogP contribution in [0.4, 0.5) is 0 Å². The standard InChI is InChI=1S/C24H24O3S/c1-17(2)20-13-7-8-14-21(20)27-22(24(25)26)16-18-10-6-9-15-23(18)28-19-11-4-3-5-12-19/h3-15,17,22H,16H2,1-2H3,(H,25,26)/t22-/m1/s1. The fourth-order valence-corrected chi connectivity index (χ4v) is 3.96. The lowest BCUT2D eigenvalue weighted by molar-refractivity contribution is -0.145. The number of aliphatic carboxylic acids is 1. The molecule has 0 bridgehead atoms. The highest BCUT2D eigenvalue weighted by molar-refractivity contribution is 7.99. The Balaban J connectivity index is 1.83. The molecular formula is C24H24O3S. The number of carboxylic acids is 1. The van der Waals surface area contributed by atoms with E-state index < -0.39 is 12.1 Å². The Morgan fingerprint density at radius 3 is 2.29 bits per heavy atom. The summed E-state index contributed by atoms with van der Waals surface area (Å²) in [5, 5.41) is 9.77. The summed E-state index contributed by atoms with van der Waals surface area (Å²) in [5.41, 5.74) is 1.98. The Morgan fingerprint density at radius 1 is 0.929 bits per heavy atom. The molecule has 0 saturated heterocycles. The fraction of sp³-hybridized carbons (Fsp3) is 0.208. The van der Waals surface area contributed by atoms with Crippen LogP contribution in [0.25, 0.3) is 0 Å². The summed E-state index contributed by atoms with van der Waals surface area (Å²) in [5.74, 6) is -0.0669. The van der Waals surface area contributed by atoms with Crippen molar-refractivity contribution in [2.45, 2.75) is 42.1 Å². The Kier molecular flexibility index (Phi) is 6.77. The van der Waals surface area contributed by atoms with Crippen molar-refractivity contribution in [1.82, 2.24) is 0 Å². The van der Waals surface area contributed by atoms with E-state index in [0.717, 1.165) is 20.9 Å². The Labute approximate surface area is 170 Å². The van der Waals surface area contributed by atoms with Crippen molar-refractivity contribution < 1.29 is 14.6 Å². The minimum Gasteiger partial charge on any atom is -0.478 e. The molecule has 3 aromatic carbocycles. The predicted molar refractivity (Wildman–Crippen MR) is 113 cm³/mol. The van der Waals surface area contributed by atoms with E-state index in [4.69, 9.17) is 4.74 Å². The first-order valence-corrected chi connectivity index (χ1v) is 10.2. The van der Waals surface area contributed by atoms with Crippen molar-refractivity contribution in [1.29, 1.82) is 0 Å². The summed E-state index contributed by atoms with van der Waals surface area (Å²) in [6, 6.07) is 25.6. The molecule has 3 nitrogen and oxygen atoms in total. The third-order valence-corrected chi connectivity index (χ3v) is 5.56. The van der Waals surface area contributed by atoms with Crippen molar-refractivity contribution in [2.75, 3.05) is 0 Å². The first kappa shape index (κ1) is 20.0. The van der Waals surface area contributed by atoms with Crippen LogP contribution < -0.4 is 4.74 Å². The molecule has 28 heavy (non-hydrogen) atoms. The fourth-order valence-electron chi connectivity index (χ4n) is 2.98. The molecule has 0 spiro atoms. The maximum absolute atomic E-state index is 11.9. The number of hydrogen-bond donors (Lipinski definition) is 1. The first-order valence-electron chi connectivity index (χ1n) is 9.34. The van der Waals surface area contributed by atoms with E-state index >= 15 is 0 Å². The van der Waals surface area contributed by atoms with Crippen LogP contribution in [-0.4, -0.2) is 17.2 Å². The topological polar surface area (TPSA) is 46.5 Å². The van der Waals surface area contributed by atoms with Crippen LogP contribution in [0.3, 0.4) is 0 Å². The summed E-state index contributed by atoms with van der Waals surface area (Å²) in [6.45, 7) is 4.15. The highest BCUT2D eigenvalue weighted by Crippen LogP contribution is 2.32. The van der Waals surface area contributed by atoms with Crippen molar-refractivity contribution in [3.8, 4) is 5.75 Å². The van der Waals surface area contributed by atoms with Gasteiger partial charge in [-0.1, -0.05) is 80.2 Å². The van der Waals surface area contributed by atoms with Crippen LogP contribution in [0, 0.1) is 0 Å². The summed E-state index contributed by atoms with van der Waals surface area (Å²) in [6.07, 6.45) is -0.643. The van der Waals surface area contributed by atoms with Gasteiger partial charge in [0.15, 0.2) is 6.10 Å². The number of carbonyl (C=O) groups is 1. The quantitative estimate of drug-likeness (QED) is 0.508. The Hall–Kier alpha value is -2.72. The van der Waals surface area contributed by atoms with Gasteiger partial charge in [0.05, 0.1) is 0 Å². The molecule has 0 unspecified atom stereocenters. The van der Waals surface area contributed by atoms with Crippen LogP contribution in [-0.2, 0) is 11.2 Å². The highest BCUT2D eigenvalue weighted by Gasteiger charge is 2.23. The molecule has 3 rings (SSSR count). The van der Waals surface area contributed by atoms with E-state index in [1.165, 1.54) is 0 Å². The molecule has 0 aliphatic rings. The maximum Gasteiger partial charge on any atom is 0.345 e. The lowest BCUT2D eigenvalue weighted by atomic mass is 10.0. The van der Waals surface area contributed by atoms with Crippen molar-refractivity contribution in [3.05, 3.63) is 90.0 Å². The smallest absolute Gasteiger partial charge is 0.345 e. The normalized spacial score (nSPS) is 12.0. The molecule has 0 aliphatic carbocycles. The molecule has 4 heteroatoms. The van der Waals surface area contributed by atoms with Gasteiger partial charge in [0.1, 0.15) is 5.75 Å². The Morgan fingerprint density at radius 2 is 1.57 bits per heavy atom. The molecule has 1 N–H and O–H groups in total. The molecular weight excluding hydrogens is 368 g/mol. The average Bonchev–Trinajstić information content (AvgIpc) is 2.70. The van der Waals surface area contributed by atoms with Gasteiger partial charge in [0, 0.05) is 16.2 Å². The summed E-state index contributed by atoms with van der Waals surface area (Å²) in [7, 11) is 0. The molecule has 0 fully saturated rings. The van der Waals surface area contributed by atoms with Crippen LogP contribution in [0.1, 0.15) is 30.9 Å². The zero-order chi connectivity index (χ0) is 19.9. The van der Waals surface area contributed by atoms with Gasteiger partial charge in [-0.05, 0) is 41.3 Å². The van der Waals surface area contributed by atoms with E-state index in [2.05, 4.69) is 13.8 Å². The summed E-state index contributed by atoms with van der Waals surface area (Å²) < 4.78 is 5.97. The van der Waals surface area contributed by atoms with Gasteiger partial charge in [-0.2, -0.15) is 0 Å². The third kappa shape index (κ3) is 5.17. The minimum atomic E-state index is -0.960. The van der Waals surface area contributed by atoms with Gasteiger partial charge < -0.3 is 9.84 Å². The second-order valence-electron chi connectivity index (χ2n) is 6.86. The lowest BCUT2D eigenvalue weighted by Gasteiger charge is -2.20. The number of ether oxygens (including phenoxy) is 1. The number of rotatable bonds is 8. The van der Waals surface area contributed by atoms with Crippen LogP contribution in [0.15, 0.2) is 88.7 Å². The molecule has 0 radical (unpaired) electrons. The van der Waals surface area contributed by atoms with Gasteiger partial charge in [-0.15, -0.1) is 0 Å². The van der Waals surface area contributed by atoms with Gasteiger partial charge in [-0.25, -0.2) is 4.79 Å². The molecule has 0 amide bonds. The van der Waals surface area contributed by atoms with Crippen LogP contribution >= 0.6 is 11.8 Å². The Bertz CT molecular complexity index is 922. The minimum absolute atomic E-state index is 0.256. The number of hydrogen-bond acceptors (Lipinski definition) is 3. The van der Waals surface area contributed by atoms with E-state index in [1.807, 2.05) is 78.9 Å². The third-order valence-electron chi connectivity index (χ3n) is 4.43. The number of para-hydroxylation sites is 1. The molecule has 0 aliphatic heterocycles. The van der Waals surface area contributed by atoms with Gasteiger partial charge in [0.25, 0.3) is 0 Å². The second-order valence-corrected chi connectivity index (χ2v) is 7.98. The van der Waals surface area contributed by atoms with Crippen LogP contribution in [0.5, 0.6) is 5.75 Å². The predicted octanol–water partition coefficient (Wildman–Crippen LogP) is 6.04. The van der Waals surface area contributed by atoms with Crippen molar-refractivity contribution in [2.24, 2.45) is 0 Å². The number of carboxylic acid groups (broad SMARTS) is 1. The molecule has 1 atom stereocenters. The monoisotopic (exact) mass is 392 g/mol. The van der Waals surface area contributed by atoms with E-state index in [1.54, 1.807) is 11.8 Å². The van der Waals surface area contributed by atoms with E-state index in [-0.39, 0.29) is 5.92 Å². The molecule has 3 aromatic rings. The second kappa shape index (κ2) is 9.47. The van der Waals surface area contributed by atoms with Crippen molar-refractivity contribution >= 4 is 17.7 Å². The van der Waals surface area contributed by atoms with Crippen molar-refractivity contribution in [3.63, 3.8) is 0 Å². The maximum atomic E-state index is 11.9. The average molecular weight is 393 g/mol. The van der Waals surface area contributed by atoms with Crippen LogP contribution in [0.2, 0.25) is 0 Å².